The number of rotatable bonds is 12. The number of carbonyl (C=O) groups is 1. The van der Waals surface area contributed by atoms with Gasteiger partial charge in [-0.05, 0) is 89.3 Å². The monoisotopic (exact) mass is 576 g/mol. The van der Waals surface area contributed by atoms with Gasteiger partial charge in [-0.1, -0.05) is 54.5 Å². The maximum absolute atomic E-state index is 11.2. The van der Waals surface area contributed by atoms with Crippen LogP contribution in [0.1, 0.15) is 88.7 Å². The van der Waals surface area contributed by atoms with E-state index in [4.69, 9.17) is 18.7 Å². The van der Waals surface area contributed by atoms with Gasteiger partial charge in [0.15, 0.2) is 18.1 Å². The van der Waals surface area contributed by atoms with Crippen molar-refractivity contribution in [2.24, 2.45) is 10.8 Å². The van der Waals surface area contributed by atoms with Gasteiger partial charge >= 0.3 is 5.97 Å². The summed E-state index contributed by atoms with van der Waals surface area (Å²) >= 11 is 1.59. The average molecular weight is 577 g/mol. The van der Waals surface area contributed by atoms with Crippen molar-refractivity contribution in [2.45, 2.75) is 99.9 Å². The summed E-state index contributed by atoms with van der Waals surface area (Å²) in [5.41, 5.74) is 3.93. The molecule has 0 saturated heterocycles. The van der Waals surface area contributed by atoms with Crippen LogP contribution in [-0.2, 0) is 20.3 Å². The van der Waals surface area contributed by atoms with Crippen molar-refractivity contribution >= 4 is 41.0 Å². The highest BCUT2D eigenvalue weighted by Gasteiger charge is 2.36. The Morgan fingerprint density at radius 2 is 1.50 bits per heavy atom. The molecular weight excluding hydrogens is 529 g/mol. The molecule has 0 bridgehead atoms. The summed E-state index contributed by atoms with van der Waals surface area (Å²) in [6.07, 6.45) is 1.85. The van der Waals surface area contributed by atoms with Crippen molar-refractivity contribution < 1.29 is 23.5 Å². The number of thiophene rings is 1. The van der Waals surface area contributed by atoms with Gasteiger partial charge in [0.1, 0.15) is 12.4 Å². The van der Waals surface area contributed by atoms with Crippen molar-refractivity contribution in [3.05, 3.63) is 57.3 Å². The van der Waals surface area contributed by atoms with Crippen LogP contribution < -0.4 is 4.74 Å². The van der Waals surface area contributed by atoms with Gasteiger partial charge in [-0.25, -0.2) is 4.79 Å². The molecular formula is C30H48O5SSi2. The van der Waals surface area contributed by atoms with Gasteiger partial charge in [-0.3, -0.25) is 0 Å². The summed E-state index contributed by atoms with van der Waals surface area (Å²) in [6, 6.07) is 8.40. The Labute approximate surface area is 237 Å². The lowest BCUT2D eigenvalue weighted by atomic mass is 9.77. The van der Waals surface area contributed by atoms with Crippen molar-refractivity contribution in [2.75, 3.05) is 0 Å². The van der Waals surface area contributed by atoms with E-state index in [1.54, 1.807) is 11.3 Å². The van der Waals surface area contributed by atoms with Crippen LogP contribution in [0.4, 0.5) is 0 Å². The number of benzene rings is 1. The summed E-state index contributed by atoms with van der Waals surface area (Å²) in [5.74, 6) is -0.121. The molecule has 0 aliphatic heterocycles. The summed E-state index contributed by atoms with van der Waals surface area (Å²) < 4.78 is 19.6. The van der Waals surface area contributed by atoms with E-state index in [1.807, 2.05) is 24.4 Å². The van der Waals surface area contributed by atoms with Gasteiger partial charge in [-0.15, -0.1) is 11.3 Å². The number of ether oxygens (including phenoxy) is 1. The topological polar surface area (TPSA) is 65.0 Å². The van der Waals surface area contributed by atoms with Crippen molar-refractivity contribution in [1.29, 1.82) is 0 Å². The number of hydrogen-bond acceptors (Lipinski definition) is 5. The molecule has 8 heteroatoms. The normalized spacial score (nSPS) is 14.7. The van der Waals surface area contributed by atoms with Crippen LogP contribution in [0.3, 0.4) is 0 Å². The van der Waals surface area contributed by atoms with E-state index in [1.165, 1.54) is 11.6 Å². The lowest BCUT2D eigenvalue weighted by Gasteiger charge is -2.39. The van der Waals surface area contributed by atoms with E-state index in [0.717, 1.165) is 27.3 Å². The second-order valence-corrected chi connectivity index (χ2v) is 18.3. The first-order valence-electron chi connectivity index (χ1n) is 13.6. The third kappa shape index (κ3) is 9.48. The van der Waals surface area contributed by atoms with Gasteiger partial charge in [0.2, 0.25) is 0 Å². The predicted octanol–water partition coefficient (Wildman–Crippen LogP) is 8.38. The molecule has 1 aromatic heterocycles. The Bertz CT molecular complexity index is 1090. The molecule has 0 aliphatic carbocycles. The highest BCUT2D eigenvalue weighted by Crippen LogP contribution is 2.46. The lowest BCUT2D eigenvalue weighted by Crippen LogP contribution is -2.31. The fourth-order valence-corrected chi connectivity index (χ4v) is 7.48. The maximum atomic E-state index is 11.2. The lowest BCUT2D eigenvalue weighted by molar-refractivity contribution is -0.131. The van der Waals surface area contributed by atoms with Crippen molar-refractivity contribution in [1.82, 2.24) is 0 Å². The van der Waals surface area contributed by atoms with E-state index in [0.29, 0.717) is 13.0 Å². The zero-order chi connectivity index (χ0) is 28.8. The van der Waals surface area contributed by atoms with E-state index < -0.39 is 24.0 Å². The molecule has 212 valence electrons. The van der Waals surface area contributed by atoms with E-state index in [2.05, 4.69) is 79.9 Å². The molecule has 0 spiro atoms. The number of carboxylic acids is 1. The van der Waals surface area contributed by atoms with Gasteiger partial charge in [0.05, 0.1) is 12.2 Å². The fraction of sp³-hybridized carbons (Fsp3) is 0.567. The Kier molecular flexibility index (Phi) is 11.6. The van der Waals surface area contributed by atoms with Gasteiger partial charge < -0.3 is 18.7 Å². The maximum Gasteiger partial charge on any atom is 0.328 e. The number of allylic oxidation sites excluding steroid dienone is 1. The Hall–Kier alpha value is -1.72. The first-order valence-corrected chi connectivity index (χ1v) is 20.1. The minimum Gasteiger partial charge on any atom is -0.488 e. The second-order valence-electron chi connectivity index (χ2n) is 12.6. The zero-order valence-corrected chi connectivity index (χ0v) is 28.3. The smallest absolute Gasteiger partial charge is 0.328 e. The Morgan fingerprint density at radius 3 is 1.97 bits per heavy atom. The first kappa shape index (κ1) is 32.5. The minimum atomic E-state index is -1.34. The minimum absolute atomic E-state index is 0.0335. The zero-order valence-electron chi connectivity index (χ0n) is 25.2. The second kappa shape index (κ2) is 13.6. The van der Waals surface area contributed by atoms with Crippen LogP contribution in [-0.4, -0.2) is 29.2 Å². The molecule has 1 aromatic carbocycles. The molecule has 2 rings (SSSR count). The molecule has 2 atom stereocenters. The van der Waals surface area contributed by atoms with E-state index in [9.17, 15) is 4.79 Å². The largest absolute Gasteiger partial charge is 0.488 e. The number of carboxylic acid groups (broad SMARTS) is 1. The van der Waals surface area contributed by atoms with Crippen molar-refractivity contribution in [3.63, 3.8) is 0 Å². The van der Waals surface area contributed by atoms with Crippen LogP contribution in [0.5, 0.6) is 5.75 Å². The molecule has 0 saturated carbocycles. The van der Waals surface area contributed by atoms with E-state index >= 15 is 0 Å². The molecule has 0 aliphatic rings. The number of hydrogen-bond donors (Lipinski definition) is 1. The highest BCUT2D eigenvalue weighted by atomic mass is 32.1. The predicted molar refractivity (Wildman–Crippen MR) is 165 cm³/mol. The Balaban J connectivity index is 2.49. The summed E-state index contributed by atoms with van der Waals surface area (Å²) in [7, 11) is -2.65. The van der Waals surface area contributed by atoms with Crippen molar-refractivity contribution in [3.8, 4) is 5.75 Å². The van der Waals surface area contributed by atoms with Crippen LogP contribution >= 0.6 is 11.3 Å². The van der Waals surface area contributed by atoms with Gasteiger partial charge in [0.25, 0.3) is 0 Å². The van der Waals surface area contributed by atoms with Crippen LogP contribution in [0.25, 0.3) is 5.57 Å². The highest BCUT2D eigenvalue weighted by molar-refractivity contribution is 7.10. The quantitative estimate of drug-likeness (QED) is 0.203. The molecule has 0 fully saturated rings. The SMILES string of the molecule is CCC(=CC(=O)O)c1csc(COc2ccc(C(O[SiH](C)C)C(C)(C)C)c(C(O[SiH](C)C)C(C)(C)C)c2)c1. The van der Waals surface area contributed by atoms with Gasteiger partial charge in [-0.2, -0.15) is 0 Å². The molecule has 2 unspecified atom stereocenters. The first-order chi connectivity index (χ1) is 17.5. The van der Waals surface area contributed by atoms with E-state index in [-0.39, 0.29) is 23.0 Å². The molecule has 5 nitrogen and oxygen atoms in total. The average Bonchev–Trinajstić information content (AvgIpc) is 3.25. The van der Waals surface area contributed by atoms with Gasteiger partial charge in [0, 0.05) is 11.0 Å². The molecule has 1 heterocycles. The molecule has 2 aromatic rings. The molecule has 38 heavy (non-hydrogen) atoms. The number of aliphatic carboxylic acids is 1. The molecule has 0 amide bonds. The van der Waals surface area contributed by atoms with Crippen LogP contribution in [0.15, 0.2) is 35.7 Å². The Morgan fingerprint density at radius 1 is 0.947 bits per heavy atom. The fourth-order valence-electron chi connectivity index (χ4n) is 4.46. The van der Waals surface area contributed by atoms with Crippen LogP contribution in [0, 0.1) is 10.8 Å². The summed E-state index contributed by atoms with van der Waals surface area (Å²) in [4.78, 5) is 12.2. The molecule has 1 N–H and O–H groups in total. The third-order valence-corrected chi connectivity index (χ3v) is 8.64. The summed E-state index contributed by atoms with van der Waals surface area (Å²) in [6.45, 7) is 24.7. The standard InChI is InChI=1S/C30H48O5SSi2/c1-12-20(16-26(31)32)21-15-23(36-19-21)18-33-22-13-14-24(27(29(2,3)4)34-37(8)9)25(17-22)28(30(5,6)7)35-38(10)11/h13-17,19,27-28,37-38H,12,18H2,1-11H3,(H,31,32). The van der Waals surface area contributed by atoms with Crippen LogP contribution in [0.2, 0.25) is 26.2 Å². The molecule has 0 radical (unpaired) electrons. The third-order valence-electron chi connectivity index (χ3n) is 6.10. The summed E-state index contributed by atoms with van der Waals surface area (Å²) in [5, 5.41) is 11.2.